The molecule has 0 aliphatic heterocycles. The third kappa shape index (κ3) is 2.18. The summed E-state index contributed by atoms with van der Waals surface area (Å²) in [6, 6.07) is 7.34. The molecule has 2 nitrogen and oxygen atoms in total. The first-order valence-electron chi connectivity index (χ1n) is 7.44. The number of para-hydroxylation sites is 1. The van der Waals surface area contributed by atoms with Gasteiger partial charge in [-0.2, -0.15) is 0 Å². The summed E-state index contributed by atoms with van der Waals surface area (Å²) in [5.41, 5.74) is 5.56. The van der Waals surface area contributed by atoms with Crippen LogP contribution in [0.5, 0.6) is 0 Å². The summed E-state index contributed by atoms with van der Waals surface area (Å²) in [4.78, 5) is 3.58. The Labute approximate surface area is 115 Å². The minimum absolute atomic E-state index is 0.703. The first-order valence-corrected chi connectivity index (χ1v) is 7.44. The Bertz CT molecular complexity index is 582. The lowest BCUT2D eigenvalue weighted by Gasteiger charge is -2.19. The second kappa shape index (κ2) is 5.01. The highest BCUT2D eigenvalue weighted by Crippen LogP contribution is 2.33. The molecule has 0 saturated heterocycles. The van der Waals surface area contributed by atoms with E-state index in [-0.39, 0.29) is 0 Å². The topological polar surface area (TPSA) is 27.8 Å². The Balaban J connectivity index is 1.96. The molecule has 2 N–H and O–H groups in total. The summed E-state index contributed by atoms with van der Waals surface area (Å²) in [6.07, 6.45) is 5.28. The fraction of sp³-hybridized carbons (Fsp3) is 0.529. The van der Waals surface area contributed by atoms with Gasteiger partial charge in [-0.05, 0) is 57.2 Å². The summed E-state index contributed by atoms with van der Waals surface area (Å²) >= 11 is 0. The van der Waals surface area contributed by atoms with Crippen LogP contribution in [0, 0.1) is 19.8 Å². The maximum absolute atomic E-state index is 3.58. The van der Waals surface area contributed by atoms with Gasteiger partial charge in [0, 0.05) is 22.6 Å². The summed E-state index contributed by atoms with van der Waals surface area (Å²) in [6.45, 7) is 4.41. The Kier molecular flexibility index (Phi) is 3.36. The molecule has 1 heterocycles. The van der Waals surface area contributed by atoms with Crippen LogP contribution >= 0.6 is 0 Å². The lowest BCUT2D eigenvalue weighted by molar-refractivity contribution is 0.424. The van der Waals surface area contributed by atoms with Gasteiger partial charge < -0.3 is 10.3 Å². The van der Waals surface area contributed by atoms with Gasteiger partial charge >= 0.3 is 0 Å². The number of aromatic nitrogens is 1. The first kappa shape index (κ1) is 12.7. The fourth-order valence-electron chi connectivity index (χ4n) is 3.74. The summed E-state index contributed by atoms with van der Waals surface area (Å²) < 4.78 is 0. The zero-order chi connectivity index (χ0) is 13.4. The number of benzene rings is 1. The third-order valence-corrected chi connectivity index (χ3v) is 4.86. The number of hydrogen-bond acceptors (Lipinski definition) is 1. The van der Waals surface area contributed by atoms with Crippen molar-refractivity contribution >= 4 is 10.9 Å². The standard InChI is InChI=1S/C17H24N2/c1-11-6-4-8-14-15(12(2)19-17(11)14)10-13-7-5-9-16(13)18-3/h4,6,8,13,16,18-19H,5,7,9-10H2,1-3H3. The summed E-state index contributed by atoms with van der Waals surface area (Å²) in [5, 5.41) is 4.92. The van der Waals surface area contributed by atoms with Crippen molar-refractivity contribution in [3.8, 4) is 0 Å². The molecule has 3 rings (SSSR count). The average Bonchev–Trinajstić information content (AvgIpc) is 2.97. The molecule has 2 aromatic rings. The second-order valence-electron chi connectivity index (χ2n) is 6.02. The van der Waals surface area contributed by atoms with Crippen molar-refractivity contribution < 1.29 is 0 Å². The third-order valence-electron chi connectivity index (χ3n) is 4.86. The predicted octanol–water partition coefficient (Wildman–Crippen LogP) is 3.72. The van der Waals surface area contributed by atoms with Crippen molar-refractivity contribution in [3.05, 3.63) is 35.0 Å². The monoisotopic (exact) mass is 256 g/mol. The molecule has 1 aromatic heterocycles. The van der Waals surface area contributed by atoms with Gasteiger partial charge in [0.15, 0.2) is 0 Å². The number of rotatable bonds is 3. The second-order valence-corrected chi connectivity index (χ2v) is 6.02. The van der Waals surface area contributed by atoms with Crippen LogP contribution in [0.4, 0.5) is 0 Å². The van der Waals surface area contributed by atoms with Crippen LogP contribution in [0.1, 0.15) is 36.1 Å². The average molecular weight is 256 g/mol. The molecule has 1 aliphatic carbocycles. The normalized spacial score (nSPS) is 23.3. The van der Waals surface area contributed by atoms with E-state index in [1.165, 1.54) is 53.4 Å². The van der Waals surface area contributed by atoms with E-state index < -0.39 is 0 Å². The molecular weight excluding hydrogens is 232 g/mol. The number of fused-ring (bicyclic) bond motifs is 1. The highest BCUT2D eigenvalue weighted by Gasteiger charge is 2.27. The lowest BCUT2D eigenvalue weighted by Crippen LogP contribution is -2.30. The Morgan fingerprint density at radius 3 is 2.89 bits per heavy atom. The van der Waals surface area contributed by atoms with Crippen LogP contribution < -0.4 is 5.32 Å². The van der Waals surface area contributed by atoms with Gasteiger partial charge in [0.05, 0.1) is 0 Å². The largest absolute Gasteiger partial charge is 0.358 e. The van der Waals surface area contributed by atoms with E-state index in [0.29, 0.717) is 6.04 Å². The molecule has 2 heteroatoms. The highest BCUT2D eigenvalue weighted by atomic mass is 14.9. The molecule has 2 unspecified atom stereocenters. The van der Waals surface area contributed by atoms with E-state index >= 15 is 0 Å². The van der Waals surface area contributed by atoms with Gasteiger partial charge in [-0.15, -0.1) is 0 Å². The van der Waals surface area contributed by atoms with Crippen molar-refractivity contribution in [3.63, 3.8) is 0 Å². The van der Waals surface area contributed by atoms with Crippen LogP contribution in [0.2, 0.25) is 0 Å². The van der Waals surface area contributed by atoms with Gasteiger partial charge in [-0.25, -0.2) is 0 Å². The maximum atomic E-state index is 3.58. The van der Waals surface area contributed by atoms with Gasteiger partial charge in [-0.3, -0.25) is 0 Å². The predicted molar refractivity (Wildman–Crippen MR) is 81.7 cm³/mol. The van der Waals surface area contributed by atoms with Crippen molar-refractivity contribution in [2.75, 3.05) is 7.05 Å². The molecule has 102 valence electrons. The first-order chi connectivity index (χ1) is 9.20. The zero-order valence-corrected chi connectivity index (χ0v) is 12.2. The Morgan fingerprint density at radius 1 is 1.26 bits per heavy atom. The molecule has 1 aliphatic rings. The van der Waals surface area contributed by atoms with Crippen LogP contribution in [-0.2, 0) is 6.42 Å². The van der Waals surface area contributed by atoms with Crippen molar-refractivity contribution in [2.24, 2.45) is 5.92 Å². The van der Waals surface area contributed by atoms with E-state index in [2.05, 4.69) is 49.4 Å². The van der Waals surface area contributed by atoms with Crippen molar-refractivity contribution in [2.45, 2.75) is 45.6 Å². The molecule has 19 heavy (non-hydrogen) atoms. The van der Waals surface area contributed by atoms with Gasteiger partial charge in [-0.1, -0.05) is 24.6 Å². The lowest BCUT2D eigenvalue weighted by atomic mass is 9.93. The molecule has 0 radical (unpaired) electrons. The molecular formula is C17H24N2. The minimum Gasteiger partial charge on any atom is -0.358 e. The number of nitrogens with one attached hydrogen (secondary N) is 2. The number of hydrogen-bond donors (Lipinski definition) is 2. The molecule has 1 fully saturated rings. The SMILES string of the molecule is CNC1CCCC1Cc1c(C)[nH]c2c(C)cccc12. The fourth-order valence-corrected chi connectivity index (χ4v) is 3.74. The molecule has 1 saturated carbocycles. The van der Waals surface area contributed by atoms with Gasteiger partial charge in [0.1, 0.15) is 0 Å². The van der Waals surface area contributed by atoms with Crippen molar-refractivity contribution in [1.29, 1.82) is 0 Å². The Morgan fingerprint density at radius 2 is 2.11 bits per heavy atom. The van der Waals surface area contributed by atoms with Crippen LogP contribution in [-0.4, -0.2) is 18.1 Å². The smallest absolute Gasteiger partial charge is 0.0488 e. The number of aromatic amines is 1. The van der Waals surface area contributed by atoms with Gasteiger partial charge in [0.25, 0.3) is 0 Å². The molecule has 0 amide bonds. The highest BCUT2D eigenvalue weighted by molar-refractivity contribution is 5.87. The van der Waals surface area contributed by atoms with Crippen LogP contribution in [0.3, 0.4) is 0 Å². The van der Waals surface area contributed by atoms with Crippen LogP contribution in [0.15, 0.2) is 18.2 Å². The summed E-state index contributed by atoms with van der Waals surface area (Å²) in [5.74, 6) is 0.795. The number of aryl methyl sites for hydroxylation is 2. The van der Waals surface area contributed by atoms with Crippen LogP contribution in [0.25, 0.3) is 10.9 Å². The Hall–Kier alpha value is -1.28. The van der Waals surface area contributed by atoms with E-state index in [4.69, 9.17) is 0 Å². The van der Waals surface area contributed by atoms with E-state index in [0.717, 1.165) is 5.92 Å². The maximum Gasteiger partial charge on any atom is 0.0488 e. The number of H-pyrrole nitrogens is 1. The van der Waals surface area contributed by atoms with Crippen molar-refractivity contribution in [1.82, 2.24) is 10.3 Å². The molecule has 0 bridgehead atoms. The molecule has 2 atom stereocenters. The summed E-state index contributed by atoms with van der Waals surface area (Å²) in [7, 11) is 2.11. The quantitative estimate of drug-likeness (QED) is 0.860. The van der Waals surface area contributed by atoms with Gasteiger partial charge in [0.2, 0.25) is 0 Å². The minimum atomic E-state index is 0.703. The zero-order valence-electron chi connectivity index (χ0n) is 12.2. The molecule has 0 spiro atoms. The van der Waals surface area contributed by atoms with E-state index in [1.807, 2.05) is 0 Å². The van der Waals surface area contributed by atoms with E-state index in [9.17, 15) is 0 Å². The van der Waals surface area contributed by atoms with E-state index in [1.54, 1.807) is 0 Å². The molecule has 1 aromatic carbocycles.